The van der Waals surface area contributed by atoms with Crippen LogP contribution in [0.4, 0.5) is 4.79 Å². The maximum Gasteiger partial charge on any atom is 0.315 e. The fraction of sp³-hybridized carbons (Fsp3) is 0.474. The standard InChI is InChI=1S/C19H24N4O2/c1-19(2)16(14-8-11-25-17(14)19)22-18(24)20-12-13-6-3-4-7-15(13)23-10-5-9-21-23/h3-7,9-10,14,16-17H,8,11-12H2,1-2H3,(H2,20,22,24)/t14-,16+,17-/m0/s1. The molecule has 2 aliphatic rings. The van der Waals surface area contributed by atoms with Gasteiger partial charge in [0.2, 0.25) is 0 Å². The summed E-state index contributed by atoms with van der Waals surface area (Å²) in [4.78, 5) is 12.4. The largest absolute Gasteiger partial charge is 0.377 e. The van der Waals surface area contributed by atoms with Gasteiger partial charge in [0.1, 0.15) is 0 Å². The lowest BCUT2D eigenvalue weighted by atomic mass is 9.57. The van der Waals surface area contributed by atoms with Crippen LogP contribution in [0, 0.1) is 11.3 Å². The van der Waals surface area contributed by atoms with E-state index in [0.29, 0.717) is 12.5 Å². The third-order valence-electron chi connectivity index (χ3n) is 5.57. The summed E-state index contributed by atoms with van der Waals surface area (Å²) >= 11 is 0. The van der Waals surface area contributed by atoms with E-state index in [1.807, 2.05) is 41.2 Å². The van der Waals surface area contributed by atoms with Crippen LogP contribution in [0.25, 0.3) is 5.69 Å². The Bertz CT molecular complexity index is 757. The SMILES string of the molecule is CC1(C)[C@H](NC(=O)NCc2ccccc2-n2cccn2)[C@@H]2CCO[C@@H]21. The maximum atomic E-state index is 12.4. The van der Waals surface area contributed by atoms with Gasteiger partial charge >= 0.3 is 6.03 Å². The summed E-state index contributed by atoms with van der Waals surface area (Å²) < 4.78 is 7.59. The first kappa shape index (κ1) is 16.1. The van der Waals surface area contributed by atoms with Gasteiger partial charge in [0.05, 0.1) is 11.8 Å². The average molecular weight is 340 g/mol. The molecule has 2 amide bonds. The maximum absolute atomic E-state index is 12.4. The molecule has 0 bridgehead atoms. The third kappa shape index (κ3) is 2.80. The number of hydrogen-bond donors (Lipinski definition) is 2. The van der Waals surface area contributed by atoms with Crippen molar-refractivity contribution in [2.45, 2.75) is 39.0 Å². The van der Waals surface area contributed by atoms with Crippen LogP contribution in [0.3, 0.4) is 0 Å². The first-order chi connectivity index (χ1) is 12.1. The van der Waals surface area contributed by atoms with E-state index in [1.54, 1.807) is 6.20 Å². The van der Waals surface area contributed by atoms with Crippen molar-refractivity contribution in [1.29, 1.82) is 0 Å². The number of aromatic nitrogens is 2. The molecular weight excluding hydrogens is 316 g/mol. The fourth-order valence-corrected chi connectivity index (χ4v) is 4.28. The molecule has 1 saturated carbocycles. The quantitative estimate of drug-likeness (QED) is 0.898. The summed E-state index contributed by atoms with van der Waals surface area (Å²) in [5.74, 6) is 0.442. The van der Waals surface area contributed by atoms with Gasteiger partial charge in [-0.2, -0.15) is 5.10 Å². The number of benzene rings is 1. The lowest BCUT2D eigenvalue weighted by molar-refractivity contribution is -0.108. The van der Waals surface area contributed by atoms with Gasteiger partial charge in [-0.15, -0.1) is 0 Å². The third-order valence-corrected chi connectivity index (χ3v) is 5.57. The van der Waals surface area contributed by atoms with E-state index in [2.05, 4.69) is 29.6 Å². The highest BCUT2D eigenvalue weighted by Gasteiger charge is 2.59. The highest BCUT2D eigenvalue weighted by Crippen LogP contribution is 2.52. The summed E-state index contributed by atoms with van der Waals surface area (Å²) in [5, 5.41) is 10.4. The number of nitrogens with one attached hydrogen (secondary N) is 2. The van der Waals surface area contributed by atoms with E-state index in [1.165, 1.54) is 0 Å². The molecule has 1 aliphatic heterocycles. The predicted octanol–water partition coefficient (Wildman–Crippen LogP) is 2.49. The Morgan fingerprint density at radius 1 is 1.36 bits per heavy atom. The second-order valence-electron chi connectivity index (χ2n) is 7.45. The lowest BCUT2D eigenvalue weighted by Crippen LogP contribution is -2.67. The number of hydrogen-bond acceptors (Lipinski definition) is 3. The van der Waals surface area contributed by atoms with Crippen molar-refractivity contribution in [2.24, 2.45) is 11.3 Å². The van der Waals surface area contributed by atoms with Crippen molar-refractivity contribution in [3.63, 3.8) is 0 Å². The first-order valence-electron chi connectivity index (χ1n) is 8.81. The van der Waals surface area contributed by atoms with Crippen molar-refractivity contribution in [2.75, 3.05) is 6.61 Å². The summed E-state index contributed by atoms with van der Waals surface area (Å²) in [7, 11) is 0. The number of amides is 2. The molecule has 1 saturated heterocycles. The number of rotatable bonds is 4. The Hall–Kier alpha value is -2.34. The summed E-state index contributed by atoms with van der Waals surface area (Å²) in [5.41, 5.74) is 1.99. The second-order valence-corrected chi connectivity index (χ2v) is 7.45. The molecule has 0 radical (unpaired) electrons. The van der Waals surface area contributed by atoms with Crippen molar-refractivity contribution in [3.05, 3.63) is 48.3 Å². The fourth-order valence-electron chi connectivity index (χ4n) is 4.28. The number of fused-ring (bicyclic) bond motifs is 1. The van der Waals surface area contributed by atoms with Gasteiger partial charge in [0.15, 0.2) is 0 Å². The molecule has 4 rings (SSSR count). The molecule has 2 heterocycles. The topological polar surface area (TPSA) is 68.2 Å². The molecule has 1 aliphatic carbocycles. The van der Waals surface area contributed by atoms with Gasteiger partial charge in [-0.25, -0.2) is 9.48 Å². The highest BCUT2D eigenvalue weighted by atomic mass is 16.5. The van der Waals surface area contributed by atoms with E-state index < -0.39 is 0 Å². The van der Waals surface area contributed by atoms with Gasteiger partial charge < -0.3 is 15.4 Å². The molecule has 1 aromatic heterocycles. The van der Waals surface area contributed by atoms with Crippen LogP contribution < -0.4 is 10.6 Å². The van der Waals surface area contributed by atoms with E-state index in [0.717, 1.165) is 24.3 Å². The van der Waals surface area contributed by atoms with E-state index in [9.17, 15) is 4.79 Å². The van der Waals surface area contributed by atoms with Gasteiger partial charge in [-0.05, 0) is 24.1 Å². The molecular formula is C19H24N4O2. The second kappa shape index (κ2) is 6.19. The van der Waals surface area contributed by atoms with Crippen LogP contribution in [-0.2, 0) is 11.3 Å². The molecule has 6 nitrogen and oxygen atoms in total. The van der Waals surface area contributed by atoms with Crippen molar-refractivity contribution < 1.29 is 9.53 Å². The normalized spacial score (nSPS) is 26.6. The molecule has 6 heteroatoms. The zero-order valence-corrected chi connectivity index (χ0v) is 14.6. The smallest absolute Gasteiger partial charge is 0.315 e. The van der Waals surface area contributed by atoms with Gasteiger partial charge in [-0.1, -0.05) is 32.0 Å². The Kier molecular flexibility index (Phi) is 4.00. The molecule has 2 fully saturated rings. The van der Waals surface area contributed by atoms with Gasteiger partial charge in [0, 0.05) is 42.9 Å². The van der Waals surface area contributed by atoms with Crippen molar-refractivity contribution in [1.82, 2.24) is 20.4 Å². The minimum Gasteiger partial charge on any atom is -0.377 e. The minimum atomic E-state index is -0.126. The molecule has 132 valence electrons. The number of carbonyl (C=O) groups is 1. The number of nitrogens with zero attached hydrogens (tertiary/aromatic N) is 2. The number of carbonyl (C=O) groups excluding carboxylic acids is 1. The van der Waals surface area contributed by atoms with Crippen LogP contribution in [-0.4, -0.2) is 34.6 Å². The molecule has 25 heavy (non-hydrogen) atoms. The van der Waals surface area contributed by atoms with Gasteiger partial charge in [0.25, 0.3) is 0 Å². The van der Waals surface area contributed by atoms with Crippen LogP contribution in [0.5, 0.6) is 0 Å². The summed E-state index contributed by atoms with van der Waals surface area (Å²) in [6, 6.07) is 9.87. The summed E-state index contributed by atoms with van der Waals surface area (Å²) in [6.07, 6.45) is 4.95. The Balaban J connectivity index is 1.39. The van der Waals surface area contributed by atoms with Crippen molar-refractivity contribution >= 4 is 6.03 Å². The van der Waals surface area contributed by atoms with E-state index >= 15 is 0 Å². The number of para-hydroxylation sites is 1. The molecule has 0 spiro atoms. The van der Waals surface area contributed by atoms with Crippen LogP contribution in [0.2, 0.25) is 0 Å². The molecule has 1 aromatic carbocycles. The zero-order chi connectivity index (χ0) is 17.4. The molecule has 0 unspecified atom stereocenters. The highest BCUT2D eigenvalue weighted by molar-refractivity contribution is 5.74. The monoisotopic (exact) mass is 340 g/mol. The average Bonchev–Trinajstić information content (AvgIpc) is 3.28. The molecule has 3 atom stereocenters. The molecule has 2 N–H and O–H groups in total. The summed E-state index contributed by atoms with van der Waals surface area (Å²) in [6.45, 7) is 5.59. The first-order valence-corrected chi connectivity index (χ1v) is 8.81. The Morgan fingerprint density at radius 2 is 2.20 bits per heavy atom. The van der Waals surface area contributed by atoms with Crippen molar-refractivity contribution in [3.8, 4) is 5.69 Å². The minimum absolute atomic E-state index is 0.00846. The Labute approximate surface area is 147 Å². The van der Waals surface area contributed by atoms with Gasteiger partial charge in [-0.3, -0.25) is 0 Å². The molecule has 2 aromatic rings. The lowest BCUT2D eigenvalue weighted by Gasteiger charge is -2.54. The predicted molar refractivity (Wildman–Crippen MR) is 94.4 cm³/mol. The number of urea groups is 1. The van der Waals surface area contributed by atoms with E-state index in [-0.39, 0.29) is 23.6 Å². The number of ether oxygens (including phenoxy) is 1. The Morgan fingerprint density at radius 3 is 3.00 bits per heavy atom. The zero-order valence-electron chi connectivity index (χ0n) is 14.6. The van der Waals surface area contributed by atoms with E-state index in [4.69, 9.17) is 4.74 Å². The van der Waals surface area contributed by atoms with Crippen LogP contribution in [0.15, 0.2) is 42.7 Å². The van der Waals surface area contributed by atoms with Crippen LogP contribution >= 0.6 is 0 Å². The van der Waals surface area contributed by atoms with Crippen LogP contribution in [0.1, 0.15) is 25.8 Å².